The third-order valence-corrected chi connectivity index (χ3v) is 8.54. The van der Waals surface area contributed by atoms with Gasteiger partial charge in [0.15, 0.2) is 0 Å². The molecule has 0 saturated carbocycles. The maximum absolute atomic E-state index is 13.8. The molecular formula is C27H29Cl2N3O4S. The first kappa shape index (κ1) is 28.5. The number of carbonyl (C=O) groups excluding carboxylic acids is 2. The molecule has 0 aromatic heterocycles. The lowest BCUT2D eigenvalue weighted by atomic mass is 10.1. The predicted molar refractivity (Wildman–Crippen MR) is 147 cm³/mol. The smallest absolute Gasteiger partial charge is 0.264 e. The number of rotatable bonds is 10. The van der Waals surface area contributed by atoms with Gasteiger partial charge in [0.25, 0.3) is 10.0 Å². The van der Waals surface area contributed by atoms with E-state index in [1.54, 1.807) is 55.5 Å². The summed E-state index contributed by atoms with van der Waals surface area (Å²) in [4.78, 5) is 27.8. The van der Waals surface area contributed by atoms with Crippen LogP contribution >= 0.6 is 23.2 Å². The molecule has 0 bridgehead atoms. The molecule has 0 heterocycles. The van der Waals surface area contributed by atoms with Crippen molar-refractivity contribution >= 4 is 50.7 Å². The van der Waals surface area contributed by atoms with Gasteiger partial charge in [0.05, 0.1) is 10.6 Å². The molecule has 7 nitrogen and oxygen atoms in total. The number of benzene rings is 3. The second-order valence-electron chi connectivity index (χ2n) is 8.32. The van der Waals surface area contributed by atoms with E-state index in [4.69, 9.17) is 23.2 Å². The van der Waals surface area contributed by atoms with Crippen LogP contribution in [0, 0.1) is 0 Å². The highest BCUT2D eigenvalue weighted by atomic mass is 35.5. The number of likely N-dealkylation sites (N-methyl/N-ethyl adjacent to an activating group) is 1. The molecule has 3 aromatic rings. The van der Waals surface area contributed by atoms with E-state index >= 15 is 0 Å². The first-order chi connectivity index (χ1) is 17.6. The molecule has 0 unspecified atom stereocenters. The first-order valence-electron chi connectivity index (χ1n) is 11.7. The molecule has 0 fully saturated rings. The summed E-state index contributed by atoms with van der Waals surface area (Å²) >= 11 is 12.7. The molecule has 0 radical (unpaired) electrons. The van der Waals surface area contributed by atoms with E-state index in [-0.39, 0.29) is 11.4 Å². The van der Waals surface area contributed by atoms with Crippen LogP contribution < -0.4 is 9.62 Å². The summed E-state index contributed by atoms with van der Waals surface area (Å²) < 4.78 is 28.7. The Morgan fingerprint density at radius 1 is 0.919 bits per heavy atom. The molecule has 1 N–H and O–H groups in total. The number of para-hydroxylation sites is 1. The lowest BCUT2D eigenvalue weighted by Gasteiger charge is -2.32. The van der Waals surface area contributed by atoms with Gasteiger partial charge in [-0.05, 0) is 49.2 Å². The Balaban J connectivity index is 2.10. The zero-order valence-electron chi connectivity index (χ0n) is 20.8. The molecule has 1 atom stereocenters. The molecule has 196 valence electrons. The van der Waals surface area contributed by atoms with Gasteiger partial charge < -0.3 is 10.2 Å². The third-order valence-electron chi connectivity index (χ3n) is 6.06. The topological polar surface area (TPSA) is 86.8 Å². The highest BCUT2D eigenvalue weighted by Crippen LogP contribution is 2.30. The van der Waals surface area contributed by atoms with Crippen LogP contribution in [0.25, 0.3) is 0 Å². The number of sulfonamides is 1. The number of aryl methyl sites for hydroxylation is 1. The summed E-state index contributed by atoms with van der Waals surface area (Å²) in [6.45, 7) is 2.86. The van der Waals surface area contributed by atoms with Crippen molar-refractivity contribution < 1.29 is 18.0 Å². The molecular weight excluding hydrogens is 533 g/mol. The molecule has 0 aliphatic carbocycles. The van der Waals surface area contributed by atoms with Crippen molar-refractivity contribution in [3.63, 3.8) is 0 Å². The standard InChI is InChI=1S/C27H29Cl2N3O4S/c1-4-20-11-8-9-16-25(20)32(37(35,36)21-12-6-5-7-13-21)18-26(33)31(19(2)27(34)30-3)17-22-23(28)14-10-15-24(22)29/h5-16,19H,4,17-18H2,1-3H3,(H,30,34)/t19-/m1/s1. The van der Waals surface area contributed by atoms with Gasteiger partial charge in [-0.3, -0.25) is 13.9 Å². The summed E-state index contributed by atoms with van der Waals surface area (Å²) in [7, 11) is -2.66. The molecule has 0 aliphatic rings. The van der Waals surface area contributed by atoms with Gasteiger partial charge in [-0.1, -0.05) is 72.6 Å². The van der Waals surface area contributed by atoms with Gasteiger partial charge >= 0.3 is 0 Å². The number of anilines is 1. The van der Waals surface area contributed by atoms with Crippen molar-refractivity contribution in [3.05, 3.63) is 94.0 Å². The van der Waals surface area contributed by atoms with Crippen LogP contribution in [-0.4, -0.2) is 44.8 Å². The van der Waals surface area contributed by atoms with Gasteiger partial charge in [0.2, 0.25) is 11.8 Å². The quantitative estimate of drug-likeness (QED) is 0.380. The van der Waals surface area contributed by atoms with Crippen molar-refractivity contribution in [1.82, 2.24) is 10.2 Å². The van der Waals surface area contributed by atoms with Crippen molar-refractivity contribution in [1.29, 1.82) is 0 Å². The Kier molecular flexibility index (Phi) is 9.59. The van der Waals surface area contributed by atoms with Gasteiger partial charge in [0, 0.05) is 29.2 Å². The van der Waals surface area contributed by atoms with Crippen LogP contribution in [0.3, 0.4) is 0 Å². The Morgan fingerprint density at radius 2 is 1.51 bits per heavy atom. The summed E-state index contributed by atoms with van der Waals surface area (Å²) in [5, 5.41) is 3.21. The number of halogens is 2. The Labute approximate surface area is 228 Å². The van der Waals surface area contributed by atoms with E-state index in [9.17, 15) is 18.0 Å². The molecule has 3 aromatic carbocycles. The Morgan fingerprint density at radius 3 is 2.11 bits per heavy atom. The molecule has 37 heavy (non-hydrogen) atoms. The number of carbonyl (C=O) groups is 2. The monoisotopic (exact) mass is 561 g/mol. The van der Waals surface area contributed by atoms with E-state index in [2.05, 4.69) is 5.32 Å². The molecule has 3 rings (SSSR count). The van der Waals surface area contributed by atoms with Crippen LogP contribution in [0.2, 0.25) is 10.0 Å². The number of amides is 2. The summed E-state index contributed by atoms with van der Waals surface area (Å²) in [6, 6.07) is 19.0. The highest BCUT2D eigenvalue weighted by molar-refractivity contribution is 7.92. The van der Waals surface area contributed by atoms with Crippen LogP contribution in [0.4, 0.5) is 5.69 Å². The van der Waals surface area contributed by atoms with Crippen molar-refractivity contribution in [3.8, 4) is 0 Å². The first-order valence-corrected chi connectivity index (χ1v) is 13.9. The van der Waals surface area contributed by atoms with Crippen molar-refractivity contribution in [2.24, 2.45) is 0 Å². The normalized spacial score (nSPS) is 12.0. The van der Waals surface area contributed by atoms with Gasteiger partial charge in [-0.15, -0.1) is 0 Å². The fraction of sp³-hybridized carbons (Fsp3) is 0.259. The fourth-order valence-corrected chi connectivity index (χ4v) is 5.92. The highest BCUT2D eigenvalue weighted by Gasteiger charge is 2.33. The van der Waals surface area contributed by atoms with Crippen molar-refractivity contribution in [2.45, 2.75) is 37.8 Å². The van der Waals surface area contributed by atoms with Gasteiger partial charge in [-0.2, -0.15) is 0 Å². The van der Waals surface area contributed by atoms with E-state index < -0.39 is 34.4 Å². The third kappa shape index (κ3) is 6.44. The lowest BCUT2D eigenvalue weighted by molar-refractivity contribution is -0.139. The Hall–Kier alpha value is -3.07. The molecule has 2 amide bonds. The number of nitrogens with one attached hydrogen (secondary N) is 1. The summed E-state index contributed by atoms with van der Waals surface area (Å²) in [5.41, 5.74) is 1.61. The average Bonchev–Trinajstić information content (AvgIpc) is 2.91. The molecule has 0 aliphatic heterocycles. The minimum atomic E-state index is -4.12. The van der Waals surface area contributed by atoms with E-state index in [1.165, 1.54) is 24.1 Å². The average molecular weight is 563 g/mol. The largest absolute Gasteiger partial charge is 0.357 e. The molecule has 10 heteroatoms. The number of hydrogen-bond donors (Lipinski definition) is 1. The zero-order chi connectivity index (χ0) is 27.2. The maximum Gasteiger partial charge on any atom is 0.264 e. The van der Waals surface area contributed by atoms with Crippen LogP contribution in [0.5, 0.6) is 0 Å². The van der Waals surface area contributed by atoms with Crippen LogP contribution in [0.1, 0.15) is 25.0 Å². The lowest BCUT2D eigenvalue weighted by Crippen LogP contribution is -2.51. The number of hydrogen-bond acceptors (Lipinski definition) is 4. The van der Waals surface area contributed by atoms with Crippen molar-refractivity contribution in [2.75, 3.05) is 17.9 Å². The number of nitrogens with zero attached hydrogens (tertiary/aromatic N) is 2. The predicted octanol–water partition coefficient (Wildman–Crippen LogP) is 4.91. The fourth-order valence-electron chi connectivity index (χ4n) is 3.93. The zero-order valence-corrected chi connectivity index (χ0v) is 23.1. The van der Waals surface area contributed by atoms with Gasteiger partial charge in [-0.25, -0.2) is 8.42 Å². The SMILES string of the molecule is CCc1ccccc1N(CC(=O)N(Cc1c(Cl)cccc1Cl)[C@H](C)C(=O)NC)S(=O)(=O)c1ccccc1. The van der Waals surface area contributed by atoms with Crippen LogP contribution in [0.15, 0.2) is 77.7 Å². The maximum atomic E-state index is 13.8. The van der Waals surface area contributed by atoms with E-state index in [1.807, 2.05) is 19.1 Å². The minimum absolute atomic E-state index is 0.0498. The van der Waals surface area contributed by atoms with E-state index in [0.29, 0.717) is 27.7 Å². The minimum Gasteiger partial charge on any atom is -0.357 e. The second kappa shape index (κ2) is 12.4. The molecule has 0 saturated heterocycles. The van der Waals surface area contributed by atoms with E-state index in [0.717, 1.165) is 9.87 Å². The molecule has 0 spiro atoms. The second-order valence-corrected chi connectivity index (χ2v) is 11.0. The van der Waals surface area contributed by atoms with Gasteiger partial charge in [0.1, 0.15) is 12.6 Å². The Bertz CT molecular complexity index is 1350. The summed E-state index contributed by atoms with van der Waals surface area (Å²) in [6.07, 6.45) is 0.554. The van der Waals surface area contributed by atoms with Crippen LogP contribution in [-0.2, 0) is 32.6 Å². The summed E-state index contributed by atoms with van der Waals surface area (Å²) in [5.74, 6) is -1.000.